The van der Waals surface area contributed by atoms with Crippen LogP contribution in [-0.4, -0.2) is 5.91 Å². The number of β-lactam (4-membered cyclic amide) rings is 1. The molecule has 1 heterocycles. The Morgan fingerprint density at radius 3 is 1.62 bits per heavy atom. The van der Waals surface area contributed by atoms with Gasteiger partial charge in [-0.3, -0.25) is 4.79 Å². The summed E-state index contributed by atoms with van der Waals surface area (Å²) < 4.78 is 64.4. The Bertz CT molecular complexity index is 450. The lowest BCUT2D eigenvalue weighted by Gasteiger charge is -2.28. The number of rotatable bonds is 1. The monoisotopic (exact) mass is 237 g/mol. The first-order valence-corrected chi connectivity index (χ1v) is 4.24. The van der Waals surface area contributed by atoms with Crippen molar-refractivity contribution in [1.82, 2.24) is 5.32 Å². The smallest absolute Gasteiger partial charge is 0.222 e. The Morgan fingerprint density at radius 1 is 0.875 bits per heavy atom. The van der Waals surface area contributed by atoms with Gasteiger partial charge in [-0.05, 0) is 0 Å². The van der Waals surface area contributed by atoms with Crippen LogP contribution < -0.4 is 5.32 Å². The van der Waals surface area contributed by atoms with E-state index in [1.807, 2.05) is 5.32 Å². The van der Waals surface area contributed by atoms with Crippen molar-refractivity contribution in [1.29, 1.82) is 0 Å². The molecule has 0 bridgehead atoms. The summed E-state index contributed by atoms with van der Waals surface area (Å²) >= 11 is 0. The van der Waals surface area contributed by atoms with Gasteiger partial charge in [0.2, 0.25) is 11.7 Å². The van der Waals surface area contributed by atoms with E-state index in [9.17, 15) is 26.7 Å². The molecular weight excluding hydrogens is 233 g/mol. The van der Waals surface area contributed by atoms with Crippen molar-refractivity contribution in [3.8, 4) is 0 Å². The average molecular weight is 237 g/mol. The van der Waals surface area contributed by atoms with Crippen LogP contribution >= 0.6 is 0 Å². The molecule has 1 aromatic rings. The van der Waals surface area contributed by atoms with Crippen molar-refractivity contribution in [3.05, 3.63) is 34.6 Å². The molecule has 1 amide bonds. The van der Waals surface area contributed by atoms with E-state index in [4.69, 9.17) is 0 Å². The Kier molecular flexibility index (Phi) is 2.32. The molecule has 86 valence electrons. The molecular formula is C9H4F5NO. The summed E-state index contributed by atoms with van der Waals surface area (Å²) in [5, 5.41) is 2.04. The molecule has 0 aliphatic carbocycles. The number of benzene rings is 1. The number of nitrogens with one attached hydrogen (secondary N) is 1. The molecule has 0 radical (unpaired) electrons. The van der Waals surface area contributed by atoms with Gasteiger partial charge in [0.25, 0.3) is 0 Å². The average Bonchev–Trinajstić information content (AvgIpc) is 2.21. The molecule has 1 unspecified atom stereocenters. The van der Waals surface area contributed by atoms with Crippen molar-refractivity contribution < 1.29 is 26.7 Å². The zero-order valence-electron chi connectivity index (χ0n) is 7.58. The summed E-state index contributed by atoms with van der Waals surface area (Å²) in [6, 6.07) is -1.16. The highest BCUT2D eigenvalue weighted by Crippen LogP contribution is 2.32. The Balaban J connectivity index is 2.57. The molecule has 2 nitrogen and oxygen atoms in total. The quantitative estimate of drug-likeness (QED) is 0.344. The first kappa shape index (κ1) is 10.8. The van der Waals surface area contributed by atoms with Gasteiger partial charge in [0, 0.05) is 0 Å². The van der Waals surface area contributed by atoms with Crippen molar-refractivity contribution in [3.63, 3.8) is 0 Å². The Labute approximate surface area is 86.1 Å². The zero-order chi connectivity index (χ0) is 12.0. The highest BCUT2D eigenvalue weighted by molar-refractivity contribution is 5.83. The molecule has 1 fully saturated rings. The largest absolute Gasteiger partial charge is 0.348 e. The van der Waals surface area contributed by atoms with E-state index < -0.39 is 46.6 Å². The zero-order valence-corrected chi connectivity index (χ0v) is 7.58. The van der Waals surface area contributed by atoms with Crippen LogP contribution in [0, 0.1) is 29.1 Å². The van der Waals surface area contributed by atoms with Gasteiger partial charge in [-0.2, -0.15) is 0 Å². The molecule has 1 saturated heterocycles. The van der Waals surface area contributed by atoms with Gasteiger partial charge < -0.3 is 5.32 Å². The third-order valence-corrected chi connectivity index (χ3v) is 2.32. The first-order chi connectivity index (χ1) is 7.43. The Morgan fingerprint density at radius 2 is 1.25 bits per heavy atom. The molecule has 1 aromatic carbocycles. The third kappa shape index (κ3) is 1.35. The van der Waals surface area contributed by atoms with Gasteiger partial charge in [-0.15, -0.1) is 0 Å². The summed E-state index contributed by atoms with van der Waals surface area (Å²) in [4.78, 5) is 10.5. The summed E-state index contributed by atoms with van der Waals surface area (Å²) in [5.41, 5.74) is -0.990. The van der Waals surface area contributed by atoms with Gasteiger partial charge in [-0.1, -0.05) is 0 Å². The third-order valence-electron chi connectivity index (χ3n) is 2.32. The molecule has 0 saturated carbocycles. The molecule has 1 N–H and O–H groups in total. The van der Waals surface area contributed by atoms with Crippen LogP contribution in [0.5, 0.6) is 0 Å². The van der Waals surface area contributed by atoms with Gasteiger partial charge in [0.1, 0.15) is 0 Å². The Hall–Kier alpha value is -1.66. The maximum absolute atomic E-state index is 13.1. The van der Waals surface area contributed by atoms with Crippen molar-refractivity contribution in [2.24, 2.45) is 0 Å². The van der Waals surface area contributed by atoms with E-state index in [0.29, 0.717) is 0 Å². The van der Waals surface area contributed by atoms with Crippen LogP contribution in [0.15, 0.2) is 0 Å². The van der Waals surface area contributed by atoms with Crippen molar-refractivity contribution in [2.75, 3.05) is 0 Å². The topological polar surface area (TPSA) is 29.1 Å². The highest BCUT2D eigenvalue weighted by atomic mass is 19.2. The minimum atomic E-state index is -2.20. The SMILES string of the molecule is O=C1CC(c2c(F)c(F)c(F)c(F)c2F)N1. The first-order valence-electron chi connectivity index (χ1n) is 4.24. The number of halogens is 5. The number of carbonyl (C=O) groups is 1. The number of hydrogen-bond acceptors (Lipinski definition) is 1. The fourth-order valence-corrected chi connectivity index (χ4v) is 1.46. The van der Waals surface area contributed by atoms with Crippen LogP contribution in [0.3, 0.4) is 0 Å². The van der Waals surface area contributed by atoms with Crippen LogP contribution in [-0.2, 0) is 4.79 Å². The lowest BCUT2D eigenvalue weighted by atomic mass is 9.95. The molecule has 1 aliphatic heterocycles. The van der Waals surface area contributed by atoms with Crippen LogP contribution in [0.4, 0.5) is 22.0 Å². The summed E-state index contributed by atoms with van der Waals surface area (Å²) in [5.74, 6) is -10.5. The molecule has 16 heavy (non-hydrogen) atoms. The predicted molar refractivity (Wildman–Crippen MR) is 41.7 cm³/mol. The molecule has 1 atom stereocenters. The lowest BCUT2D eigenvalue weighted by Crippen LogP contribution is -2.42. The molecule has 2 rings (SSSR count). The van der Waals surface area contributed by atoms with E-state index in [2.05, 4.69) is 0 Å². The normalized spacial score (nSPS) is 19.3. The highest BCUT2D eigenvalue weighted by Gasteiger charge is 2.36. The number of hydrogen-bond donors (Lipinski definition) is 1. The van der Waals surface area contributed by atoms with Gasteiger partial charge in [0.05, 0.1) is 18.0 Å². The van der Waals surface area contributed by atoms with Gasteiger partial charge in [0.15, 0.2) is 23.3 Å². The summed E-state index contributed by atoms with van der Waals surface area (Å²) in [6.45, 7) is 0. The van der Waals surface area contributed by atoms with E-state index in [1.54, 1.807) is 0 Å². The fraction of sp³-hybridized carbons (Fsp3) is 0.222. The van der Waals surface area contributed by atoms with Gasteiger partial charge >= 0.3 is 0 Å². The van der Waals surface area contributed by atoms with Crippen molar-refractivity contribution in [2.45, 2.75) is 12.5 Å². The van der Waals surface area contributed by atoms with Crippen LogP contribution in [0.1, 0.15) is 18.0 Å². The molecule has 7 heteroatoms. The standard InChI is InChI=1S/C9H4F5NO/c10-5-4(2-1-3(16)15-2)6(11)8(13)9(14)7(5)12/h2H,1H2,(H,15,16). The van der Waals surface area contributed by atoms with E-state index in [0.717, 1.165) is 0 Å². The number of amides is 1. The van der Waals surface area contributed by atoms with Crippen LogP contribution in [0.2, 0.25) is 0 Å². The lowest BCUT2D eigenvalue weighted by molar-refractivity contribution is -0.128. The maximum Gasteiger partial charge on any atom is 0.222 e. The van der Waals surface area contributed by atoms with Gasteiger partial charge in [-0.25, -0.2) is 22.0 Å². The second-order valence-electron chi connectivity index (χ2n) is 3.31. The van der Waals surface area contributed by atoms with E-state index in [-0.39, 0.29) is 6.42 Å². The molecule has 1 aliphatic rings. The van der Waals surface area contributed by atoms with Crippen LogP contribution in [0.25, 0.3) is 0 Å². The second-order valence-corrected chi connectivity index (χ2v) is 3.31. The minimum absolute atomic E-state index is 0.293. The molecule has 0 aromatic heterocycles. The fourth-order valence-electron chi connectivity index (χ4n) is 1.46. The molecule has 0 spiro atoms. The van der Waals surface area contributed by atoms with E-state index in [1.165, 1.54) is 0 Å². The van der Waals surface area contributed by atoms with E-state index >= 15 is 0 Å². The minimum Gasteiger partial charge on any atom is -0.348 e. The summed E-state index contributed by atoms with van der Waals surface area (Å²) in [7, 11) is 0. The predicted octanol–water partition coefficient (Wildman–Crippen LogP) is 1.94. The van der Waals surface area contributed by atoms with Crippen molar-refractivity contribution >= 4 is 5.91 Å². The second kappa shape index (κ2) is 3.43. The maximum atomic E-state index is 13.1. The summed E-state index contributed by atoms with van der Waals surface area (Å²) in [6.07, 6.45) is -0.293. The number of carbonyl (C=O) groups excluding carboxylic acids is 1.